The molecule has 2 aromatic rings. The summed E-state index contributed by atoms with van der Waals surface area (Å²) in [7, 11) is 0. The molecule has 0 aliphatic rings. The molecule has 1 N–H and O–H groups in total. The van der Waals surface area contributed by atoms with E-state index < -0.39 is 0 Å². The average molecular weight is 334 g/mol. The number of rotatable bonds is 8. The van der Waals surface area contributed by atoms with Crippen molar-refractivity contribution in [3.63, 3.8) is 0 Å². The summed E-state index contributed by atoms with van der Waals surface area (Å²) < 4.78 is 0. The molecule has 0 aliphatic carbocycles. The molecule has 3 nitrogen and oxygen atoms in total. The van der Waals surface area contributed by atoms with Gasteiger partial charge in [0.2, 0.25) is 0 Å². The van der Waals surface area contributed by atoms with Crippen LogP contribution >= 0.6 is 11.6 Å². The van der Waals surface area contributed by atoms with Crippen molar-refractivity contribution >= 4 is 28.2 Å². The fraction of sp³-hybridized carbons (Fsp3) is 0.526. The summed E-state index contributed by atoms with van der Waals surface area (Å²) >= 11 is 6.08. The Labute approximate surface area is 145 Å². The standard InChI is InChI=1S/C19H28ClN3/c1-5-23(6-2)11-7-8-15(4)22-19-14(3)13-21-18-12-16(20)9-10-17(18)19/h9-10,12-13,15H,5-8,11H2,1-4H3,(H,21,22)/t15-/m0/s1. The van der Waals surface area contributed by atoms with Gasteiger partial charge >= 0.3 is 0 Å². The quantitative estimate of drug-likeness (QED) is 0.726. The Morgan fingerprint density at radius 2 is 2.00 bits per heavy atom. The molecule has 0 saturated heterocycles. The van der Waals surface area contributed by atoms with Crippen molar-refractivity contribution in [2.45, 2.75) is 46.6 Å². The molecule has 4 heteroatoms. The van der Waals surface area contributed by atoms with Gasteiger partial charge in [-0.1, -0.05) is 25.4 Å². The molecule has 1 aromatic carbocycles. The topological polar surface area (TPSA) is 28.2 Å². The summed E-state index contributed by atoms with van der Waals surface area (Å²) in [6.07, 6.45) is 4.29. The number of pyridine rings is 1. The Morgan fingerprint density at radius 3 is 2.70 bits per heavy atom. The third kappa shape index (κ3) is 4.82. The van der Waals surface area contributed by atoms with Crippen molar-refractivity contribution in [2.75, 3.05) is 25.0 Å². The normalized spacial score (nSPS) is 12.8. The van der Waals surface area contributed by atoms with Crippen LogP contribution in [0.1, 0.15) is 39.2 Å². The lowest BCUT2D eigenvalue weighted by Crippen LogP contribution is -2.25. The van der Waals surface area contributed by atoms with E-state index in [1.54, 1.807) is 0 Å². The van der Waals surface area contributed by atoms with E-state index in [2.05, 4.69) is 49.0 Å². The summed E-state index contributed by atoms with van der Waals surface area (Å²) in [5.74, 6) is 0. The second kappa shape index (κ2) is 8.51. The van der Waals surface area contributed by atoms with Gasteiger partial charge in [0.25, 0.3) is 0 Å². The van der Waals surface area contributed by atoms with Gasteiger partial charge in [-0.3, -0.25) is 4.98 Å². The molecule has 23 heavy (non-hydrogen) atoms. The van der Waals surface area contributed by atoms with Crippen LogP contribution in [0.25, 0.3) is 10.9 Å². The van der Waals surface area contributed by atoms with Gasteiger partial charge in [-0.25, -0.2) is 0 Å². The smallest absolute Gasteiger partial charge is 0.0737 e. The molecule has 2 rings (SSSR count). The van der Waals surface area contributed by atoms with E-state index in [0.29, 0.717) is 6.04 Å². The highest BCUT2D eigenvalue weighted by molar-refractivity contribution is 6.31. The Hall–Kier alpha value is -1.32. The molecular formula is C19H28ClN3. The van der Waals surface area contributed by atoms with E-state index in [1.807, 2.05) is 18.3 Å². The maximum atomic E-state index is 6.08. The van der Waals surface area contributed by atoms with Crippen LogP contribution < -0.4 is 5.32 Å². The highest BCUT2D eigenvalue weighted by Gasteiger charge is 2.10. The molecule has 1 heterocycles. The lowest BCUT2D eigenvalue weighted by Gasteiger charge is -2.21. The van der Waals surface area contributed by atoms with Gasteiger partial charge in [0.05, 0.1) is 5.52 Å². The van der Waals surface area contributed by atoms with Crippen LogP contribution in [0, 0.1) is 6.92 Å². The summed E-state index contributed by atoms with van der Waals surface area (Å²) in [5, 5.41) is 5.55. The molecule has 0 fully saturated rings. The highest BCUT2D eigenvalue weighted by Crippen LogP contribution is 2.28. The van der Waals surface area contributed by atoms with Gasteiger partial charge in [0.1, 0.15) is 0 Å². The number of anilines is 1. The van der Waals surface area contributed by atoms with Crippen LogP contribution in [0.5, 0.6) is 0 Å². The number of nitrogens with one attached hydrogen (secondary N) is 1. The maximum Gasteiger partial charge on any atom is 0.0737 e. The molecule has 0 unspecified atom stereocenters. The van der Waals surface area contributed by atoms with Gasteiger partial charge in [0.15, 0.2) is 0 Å². The summed E-state index contributed by atoms with van der Waals surface area (Å²) in [6, 6.07) is 6.35. The van der Waals surface area contributed by atoms with Crippen molar-refractivity contribution in [1.82, 2.24) is 9.88 Å². The molecule has 126 valence electrons. The molecule has 1 atom stereocenters. The zero-order valence-electron chi connectivity index (χ0n) is 14.7. The fourth-order valence-corrected chi connectivity index (χ4v) is 3.10. The lowest BCUT2D eigenvalue weighted by molar-refractivity contribution is 0.295. The molecule has 0 aliphatic heterocycles. The second-order valence-electron chi connectivity index (χ2n) is 6.19. The third-order valence-corrected chi connectivity index (χ3v) is 4.65. The minimum atomic E-state index is 0.436. The SMILES string of the molecule is CCN(CC)CCC[C@H](C)Nc1c(C)cnc2cc(Cl)ccc12. The van der Waals surface area contributed by atoms with Gasteiger partial charge < -0.3 is 10.2 Å². The number of benzene rings is 1. The van der Waals surface area contributed by atoms with Gasteiger partial charge in [-0.05, 0) is 70.1 Å². The van der Waals surface area contributed by atoms with E-state index in [-0.39, 0.29) is 0 Å². The van der Waals surface area contributed by atoms with Crippen molar-refractivity contribution in [1.29, 1.82) is 0 Å². The minimum absolute atomic E-state index is 0.436. The first-order chi connectivity index (χ1) is 11.0. The number of fused-ring (bicyclic) bond motifs is 1. The van der Waals surface area contributed by atoms with E-state index in [4.69, 9.17) is 11.6 Å². The van der Waals surface area contributed by atoms with Gasteiger partial charge in [-0.2, -0.15) is 0 Å². The van der Waals surface area contributed by atoms with Crippen molar-refractivity contribution < 1.29 is 0 Å². The molecule has 0 amide bonds. The van der Waals surface area contributed by atoms with Gasteiger partial charge in [-0.15, -0.1) is 0 Å². The fourth-order valence-electron chi connectivity index (χ4n) is 2.94. The average Bonchev–Trinajstić information content (AvgIpc) is 2.54. The Morgan fingerprint density at radius 1 is 1.26 bits per heavy atom. The Bertz CT molecular complexity index is 638. The zero-order valence-corrected chi connectivity index (χ0v) is 15.5. The molecule has 1 aromatic heterocycles. The number of hydrogen-bond donors (Lipinski definition) is 1. The molecular weight excluding hydrogens is 306 g/mol. The molecule has 0 bridgehead atoms. The van der Waals surface area contributed by atoms with Crippen molar-refractivity contribution in [3.05, 3.63) is 35.0 Å². The number of aryl methyl sites for hydroxylation is 1. The molecule has 0 spiro atoms. The van der Waals surface area contributed by atoms with E-state index in [1.165, 1.54) is 24.2 Å². The van der Waals surface area contributed by atoms with Gasteiger partial charge in [0, 0.05) is 28.3 Å². The van der Waals surface area contributed by atoms with Crippen LogP contribution in [0.15, 0.2) is 24.4 Å². The Balaban J connectivity index is 2.04. The molecule has 0 radical (unpaired) electrons. The number of nitrogens with zero attached hydrogens (tertiary/aromatic N) is 2. The summed E-state index contributed by atoms with van der Waals surface area (Å²) in [5.41, 5.74) is 3.30. The van der Waals surface area contributed by atoms with E-state index in [9.17, 15) is 0 Å². The van der Waals surface area contributed by atoms with E-state index >= 15 is 0 Å². The number of halogens is 1. The summed E-state index contributed by atoms with van der Waals surface area (Å²) in [6.45, 7) is 12.2. The van der Waals surface area contributed by atoms with Crippen molar-refractivity contribution in [2.24, 2.45) is 0 Å². The monoisotopic (exact) mass is 333 g/mol. The number of aromatic nitrogens is 1. The van der Waals surface area contributed by atoms with E-state index in [0.717, 1.165) is 35.4 Å². The number of hydrogen-bond acceptors (Lipinski definition) is 3. The highest BCUT2D eigenvalue weighted by atomic mass is 35.5. The first-order valence-electron chi connectivity index (χ1n) is 8.58. The third-order valence-electron chi connectivity index (χ3n) is 4.42. The predicted molar refractivity (Wildman–Crippen MR) is 102 cm³/mol. The Kier molecular flexibility index (Phi) is 6.67. The van der Waals surface area contributed by atoms with Crippen LogP contribution in [0.2, 0.25) is 5.02 Å². The zero-order chi connectivity index (χ0) is 16.8. The largest absolute Gasteiger partial charge is 0.382 e. The summed E-state index contributed by atoms with van der Waals surface area (Å²) in [4.78, 5) is 6.96. The first-order valence-corrected chi connectivity index (χ1v) is 8.96. The first kappa shape index (κ1) is 18.0. The van der Waals surface area contributed by atoms with Crippen LogP contribution in [-0.2, 0) is 0 Å². The van der Waals surface area contributed by atoms with Crippen molar-refractivity contribution in [3.8, 4) is 0 Å². The lowest BCUT2D eigenvalue weighted by atomic mass is 10.1. The predicted octanol–water partition coefficient (Wildman–Crippen LogP) is 5.12. The van der Waals surface area contributed by atoms with Crippen LogP contribution in [0.4, 0.5) is 5.69 Å². The van der Waals surface area contributed by atoms with Crippen LogP contribution in [0.3, 0.4) is 0 Å². The second-order valence-corrected chi connectivity index (χ2v) is 6.63. The maximum absolute atomic E-state index is 6.08. The molecule has 0 saturated carbocycles. The minimum Gasteiger partial charge on any atom is -0.382 e. The van der Waals surface area contributed by atoms with Crippen LogP contribution in [-0.4, -0.2) is 35.6 Å².